The Morgan fingerprint density at radius 3 is 2.88 bits per heavy atom. The van der Waals surface area contributed by atoms with Crippen molar-refractivity contribution in [2.75, 3.05) is 0 Å². The monoisotopic (exact) mass is 340 g/mol. The van der Waals surface area contributed by atoms with Crippen LogP contribution < -0.4 is 5.32 Å². The van der Waals surface area contributed by atoms with Crippen molar-refractivity contribution in [3.05, 3.63) is 59.6 Å². The fourth-order valence-electron chi connectivity index (χ4n) is 2.59. The third kappa shape index (κ3) is 3.71. The van der Waals surface area contributed by atoms with Gasteiger partial charge in [0.2, 0.25) is 5.91 Å². The Bertz CT molecular complexity index is 809. The van der Waals surface area contributed by atoms with Crippen LogP contribution in [0.25, 0.3) is 10.6 Å². The van der Waals surface area contributed by atoms with E-state index in [4.69, 9.17) is 0 Å². The first-order chi connectivity index (χ1) is 11.7. The minimum Gasteiger partial charge on any atom is -0.346 e. The Morgan fingerprint density at radius 2 is 2.12 bits per heavy atom. The van der Waals surface area contributed by atoms with Crippen molar-refractivity contribution in [1.82, 2.24) is 19.9 Å². The van der Waals surface area contributed by atoms with Crippen LogP contribution in [0.5, 0.6) is 0 Å². The lowest BCUT2D eigenvalue weighted by Gasteiger charge is -2.14. The average molecular weight is 340 g/mol. The van der Waals surface area contributed by atoms with Gasteiger partial charge in [0.1, 0.15) is 10.8 Å². The maximum absolute atomic E-state index is 12.3. The van der Waals surface area contributed by atoms with E-state index in [0.29, 0.717) is 0 Å². The van der Waals surface area contributed by atoms with E-state index < -0.39 is 0 Å². The molecule has 5 nitrogen and oxygen atoms in total. The van der Waals surface area contributed by atoms with Crippen LogP contribution in [0.2, 0.25) is 0 Å². The molecule has 0 bridgehead atoms. The number of carbonyl (C=O) groups is 1. The third-order valence-electron chi connectivity index (χ3n) is 3.77. The van der Waals surface area contributed by atoms with Gasteiger partial charge in [-0.25, -0.2) is 9.97 Å². The highest BCUT2D eigenvalue weighted by Crippen LogP contribution is 2.23. The molecule has 0 fully saturated rings. The number of hydrogen-bond donors (Lipinski definition) is 1. The Morgan fingerprint density at radius 1 is 1.33 bits per heavy atom. The van der Waals surface area contributed by atoms with Crippen LogP contribution in [-0.2, 0) is 17.8 Å². The van der Waals surface area contributed by atoms with Gasteiger partial charge in [-0.05, 0) is 13.8 Å². The first kappa shape index (κ1) is 16.4. The number of amides is 1. The van der Waals surface area contributed by atoms with E-state index >= 15 is 0 Å². The second kappa shape index (κ2) is 7.40. The second-order valence-electron chi connectivity index (χ2n) is 5.55. The molecule has 0 saturated heterocycles. The molecule has 0 saturated carbocycles. The Hall–Kier alpha value is -2.47. The Kier molecular flexibility index (Phi) is 5.05. The van der Waals surface area contributed by atoms with E-state index in [-0.39, 0.29) is 18.4 Å². The maximum atomic E-state index is 12.3. The molecule has 6 heteroatoms. The van der Waals surface area contributed by atoms with Crippen LogP contribution in [0.3, 0.4) is 0 Å². The van der Waals surface area contributed by atoms with Crippen LogP contribution >= 0.6 is 11.3 Å². The fourth-order valence-corrected chi connectivity index (χ4v) is 3.42. The number of rotatable bonds is 6. The van der Waals surface area contributed by atoms with Crippen molar-refractivity contribution >= 4 is 17.2 Å². The topological polar surface area (TPSA) is 59.8 Å². The predicted octanol–water partition coefficient (Wildman–Crippen LogP) is 3.45. The van der Waals surface area contributed by atoms with E-state index in [2.05, 4.69) is 22.2 Å². The summed E-state index contributed by atoms with van der Waals surface area (Å²) in [5.74, 6) is 0.826. The van der Waals surface area contributed by atoms with Crippen molar-refractivity contribution in [1.29, 1.82) is 0 Å². The summed E-state index contributed by atoms with van der Waals surface area (Å²) in [4.78, 5) is 21.2. The molecule has 2 aromatic heterocycles. The lowest BCUT2D eigenvalue weighted by Crippen LogP contribution is -2.30. The summed E-state index contributed by atoms with van der Waals surface area (Å²) in [7, 11) is 0. The molecule has 1 unspecified atom stereocenters. The highest BCUT2D eigenvalue weighted by Gasteiger charge is 2.15. The summed E-state index contributed by atoms with van der Waals surface area (Å²) in [5, 5.41) is 5.88. The molecule has 1 amide bonds. The lowest BCUT2D eigenvalue weighted by molar-refractivity contribution is -0.121. The van der Waals surface area contributed by atoms with E-state index in [1.54, 1.807) is 17.5 Å². The van der Waals surface area contributed by atoms with Crippen LogP contribution in [0, 0.1) is 0 Å². The number of benzene rings is 1. The zero-order valence-electron chi connectivity index (χ0n) is 13.8. The molecule has 0 spiro atoms. The van der Waals surface area contributed by atoms with Gasteiger partial charge >= 0.3 is 0 Å². The van der Waals surface area contributed by atoms with Gasteiger partial charge in [-0.3, -0.25) is 4.79 Å². The quantitative estimate of drug-likeness (QED) is 0.748. The van der Waals surface area contributed by atoms with E-state index in [0.717, 1.165) is 28.6 Å². The predicted molar refractivity (Wildman–Crippen MR) is 95.7 cm³/mol. The first-order valence-corrected chi connectivity index (χ1v) is 8.85. The number of thiazole rings is 1. The number of aromatic nitrogens is 3. The lowest BCUT2D eigenvalue weighted by atomic mass is 10.2. The van der Waals surface area contributed by atoms with E-state index in [1.165, 1.54) is 0 Å². The van der Waals surface area contributed by atoms with Crippen molar-refractivity contribution < 1.29 is 4.79 Å². The molecule has 3 aromatic rings. The summed E-state index contributed by atoms with van der Waals surface area (Å²) in [5.41, 5.74) is 1.87. The molecule has 0 radical (unpaired) electrons. The molecule has 24 heavy (non-hydrogen) atoms. The van der Waals surface area contributed by atoms with E-state index in [9.17, 15) is 4.79 Å². The Balaban J connectivity index is 1.62. The molecule has 124 valence electrons. The van der Waals surface area contributed by atoms with Crippen LogP contribution in [0.4, 0.5) is 0 Å². The summed E-state index contributed by atoms with van der Waals surface area (Å²) in [6.45, 7) is 4.84. The van der Waals surface area contributed by atoms with Gasteiger partial charge in [-0.15, -0.1) is 11.3 Å². The number of carbonyl (C=O) groups excluding carboxylic acids is 1. The molecule has 2 heterocycles. The second-order valence-corrected chi connectivity index (χ2v) is 6.41. The summed E-state index contributed by atoms with van der Waals surface area (Å²) in [6, 6.07) is 9.87. The van der Waals surface area contributed by atoms with Crippen LogP contribution in [-0.4, -0.2) is 20.4 Å². The van der Waals surface area contributed by atoms with Gasteiger partial charge in [0.25, 0.3) is 0 Å². The molecule has 1 N–H and O–H groups in total. The number of nitrogens with zero attached hydrogens (tertiary/aromatic N) is 3. The number of imidazole rings is 1. The molecule has 0 aliphatic rings. The minimum absolute atomic E-state index is 0.0435. The van der Waals surface area contributed by atoms with Crippen LogP contribution in [0.15, 0.2) is 48.1 Å². The van der Waals surface area contributed by atoms with Crippen molar-refractivity contribution in [2.45, 2.75) is 32.9 Å². The number of nitrogens with one attached hydrogen (secondary N) is 1. The molecule has 3 rings (SSSR count). The first-order valence-electron chi connectivity index (χ1n) is 7.97. The molecular formula is C18H20N4OS. The van der Waals surface area contributed by atoms with Crippen LogP contribution in [0.1, 0.15) is 31.4 Å². The normalized spacial score (nSPS) is 12.1. The molecule has 0 aliphatic heterocycles. The van der Waals surface area contributed by atoms with Gasteiger partial charge < -0.3 is 9.88 Å². The smallest absolute Gasteiger partial charge is 0.226 e. The Labute approximate surface area is 145 Å². The largest absolute Gasteiger partial charge is 0.346 e. The molecule has 1 aromatic carbocycles. The summed E-state index contributed by atoms with van der Waals surface area (Å²) < 4.78 is 2.03. The third-order valence-corrected chi connectivity index (χ3v) is 4.71. The zero-order valence-corrected chi connectivity index (χ0v) is 14.6. The van der Waals surface area contributed by atoms with Gasteiger partial charge in [0.15, 0.2) is 0 Å². The standard InChI is InChI=1S/C18H20N4OS/c1-3-22-10-9-19-17(22)13(2)20-16(23)11-15-12-24-18(21-15)14-7-5-4-6-8-14/h4-10,12-13H,3,11H2,1-2H3,(H,20,23). The SMILES string of the molecule is CCn1ccnc1C(C)NC(=O)Cc1csc(-c2ccccc2)n1. The molecule has 0 aliphatic carbocycles. The number of hydrogen-bond acceptors (Lipinski definition) is 4. The fraction of sp³-hybridized carbons (Fsp3) is 0.278. The maximum Gasteiger partial charge on any atom is 0.226 e. The highest BCUT2D eigenvalue weighted by molar-refractivity contribution is 7.13. The van der Waals surface area contributed by atoms with Crippen molar-refractivity contribution in [2.24, 2.45) is 0 Å². The van der Waals surface area contributed by atoms with Gasteiger partial charge in [-0.2, -0.15) is 0 Å². The van der Waals surface area contributed by atoms with Gasteiger partial charge in [0, 0.05) is 29.9 Å². The van der Waals surface area contributed by atoms with E-state index in [1.807, 2.05) is 53.4 Å². The summed E-state index contributed by atoms with van der Waals surface area (Å²) >= 11 is 1.56. The van der Waals surface area contributed by atoms with Gasteiger partial charge in [0.05, 0.1) is 18.2 Å². The van der Waals surface area contributed by atoms with Gasteiger partial charge in [-0.1, -0.05) is 30.3 Å². The number of aryl methyl sites for hydroxylation is 1. The summed E-state index contributed by atoms with van der Waals surface area (Å²) in [6.07, 6.45) is 3.96. The minimum atomic E-state index is -0.125. The zero-order chi connectivity index (χ0) is 16.9. The average Bonchev–Trinajstić information content (AvgIpc) is 3.24. The van der Waals surface area contributed by atoms with Crippen molar-refractivity contribution in [3.63, 3.8) is 0 Å². The van der Waals surface area contributed by atoms with Crippen molar-refractivity contribution in [3.8, 4) is 10.6 Å². The molecule has 1 atom stereocenters. The highest BCUT2D eigenvalue weighted by atomic mass is 32.1. The molecular weight excluding hydrogens is 320 g/mol.